The lowest BCUT2D eigenvalue weighted by molar-refractivity contribution is 0.567. The van der Waals surface area contributed by atoms with Gasteiger partial charge in [0.15, 0.2) is 5.11 Å². The largest absolute Gasteiger partial charge is 0.365 e. The van der Waals surface area contributed by atoms with E-state index in [1.54, 1.807) is 6.20 Å². The number of pyridine rings is 1. The highest BCUT2D eigenvalue weighted by atomic mass is 35.5. The fraction of sp³-hybridized carbons (Fsp3) is 0.259. The van der Waals surface area contributed by atoms with Crippen molar-refractivity contribution in [1.29, 1.82) is 0 Å². The second-order valence-electron chi connectivity index (χ2n) is 9.40. The number of hydrogen-bond acceptors (Lipinski definition) is 3. The molecule has 0 aliphatic carbocycles. The fourth-order valence-corrected chi connectivity index (χ4v) is 5.71. The molecule has 5 rings (SSSR count). The van der Waals surface area contributed by atoms with Crippen LogP contribution in [0.2, 0.25) is 10.0 Å². The summed E-state index contributed by atoms with van der Waals surface area (Å²) < 4.78 is 0. The zero-order chi connectivity index (χ0) is 24.2. The first-order chi connectivity index (χ1) is 16.2. The van der Waals surface area contributed by atoms with Gasteiger partial charge in [0, 0.05) is 40.2 Å². The van der Waals surface area contributed by atoms with E-state index in [-0.39, 0.29) is 17.6 Å². The maximum absolute atomic E-state index is 7.04. The SMILES string of the molecule is CC1=CC(C)(C)N(C)c2cc(Cl)c([C@H]3[C@H](c4ccccn4)NC(=S)N3c3ccc(Cl)cc3)cc21. The molecule has 34 heavy (non-hydrogen) atoms. The highest BCUT2D eigenvalue weighted by Gasteiger charge is 2.42. The van der Waals surface area contributed by atoms with Gasteiger partial charge in [-0.05, 0) is 92.7 Å². The second kappa shape index (κ2) is 8.56. The van der Waals surface area contributed by atoms with Gasteiger partial charge in [0.2, 0.25) is 0 Å². The molecule has 0 bridgehead atoms. The summed E-state index contributed by atoms with van der Waals surface area (Å²) in [5, 5.41) is 5.51. The molecule has 2 atom stereocenters. The Morgan fingerprint density at radius 3 is 2.47 bits per heavy atom. The van der Waals surface area contributed by atoms with Gasteiger partial charge in [-0.3, -0.25) is 4.98 Å². The average Bonchev–Trinajstić information content (AvgIpc) is 3.15. The molecule has 0 saturated carbocycles. The van der Waals surface area contributed by atoms with Crippen molar-refractivity contribution in [1.82, 2.24) is 10.3 Å². The van der Waals surface area contributed by atoms with Crippen LogP contribution in [0.3, 0.4) is 0 Å². The molecule has 0 unspecified atom stereocenters. The number of anilines is 2. The van der Waals surface area contributed by atoms with Crippen molar-refractivity contribution in [2.24, 2.45) is 0 Å². The monoisotopic (exact) mass is 508 g/mol. The van der Waals surface area contributed by atoms with E-state index >= 15 is 0 Å². The van der Waals surface area contributed by atoms with Crippen LogP contribution in [0.5, 0.6) is 0 Å². The van der Waals surface area contributed by atoms with Crippen LogP contribution in [0, 0.1) is 0 Å². The third-order valence-corrected chi connectivity index (χ3v) is 7.75. The van der Waals surface area contributed by atoms with E-state index in [1.807, 2.05) is 42.5 Å². The third kappa shape index (κ3) is 3.86. The zero-order valence-corrected chi connectivity index (χ0v) is 21.8. The van der Waals surface area contributed by atoms with Gasteiger partial charge in [-0.1, -0.05) is 35.3 Å². The van der Waals surface area contributed by atoms with E-state index in [1.165, 1.54) is 11.1 Å². The molecule has 0 radical (unpaired) electrons. The van der Waals surface area contributed by atoms with Crippen molar-refractivity contribution in [3.05, 3.63) is 93.7 Å². The van der Waals surface area contributed by atoms with Crippen molar-refractivity contribution >= 4 is 57.5 Å². The summed E-state index contributed by atoms with van der Waals surface area (Å²) in [6, 6.07) is 17.6. The molecule has 4 nitrogen and oxygen atoms in total. The van der Waals surface area contributed by atoms with Crippen LogP contribution in [0.1, 0.15) is 49.7 Å². The first-order valence-electron chi connectivity index (χ1n) is 11.2. The number of nitrogens with one attached hydrogen (secondary N) is 1. The van der Waals surface area contributed by atoms with E-state index in [9.17, 15) is 0 Å². The molecule has 174 valence electrons. The van der Waals surface area contributed by atoms with Gasteiger partial charge < -0.3 is 15.1 Å². The Balaban J connectivity index is 1.70. The minimum Gasteiger partial charge on any atom is -0.365 e. The fourth-order valence-electron chi connectivity index (χ4n) is 4.97. The number of aromatic nitrogens is 1. The number of nitrogens with zero attached hydrogens (tertiary/aromatic N) is 3. The molecular formula is C27H26Cl2N4S. The van der Waals surface area contributed by atoms with E-state index in [0.717, 1.165) is 22.6 Å². The predicted molar refractivity (Wildman–Crippen MR) is 147 cm³/mol. The Morgan fingerprint density at radius 2 is 1.79 bits per heavy atom. The first-order valence-corrected chi connectivity index (χ1v) is 12.4. The molecule has 1 aromatic heterocycles. The first kappa shape index (κ1) is 23.2. The van der Waals surface area contributed by atoms with Crippen LogP contribution in [0.25, 0.3) is 5.57 Å². The molecular weight excluding hydrogens is 483 g/mol. The molecule has 2 aliphatic heterocycles. The van der Waals surface area contributed by atoms with Gasteiger partial charge in [-0.25, -0.2) is 0 Å². The number of benzene rings is 2. The van der Waals surface area contributed by atoms with Crippen molar-refractivity contribution in [2.75, 3.05) is 16.8 Å². The highest BCUT2D eigenvalue weighted by molar-refractivity contribution is 7.80. The third-order valence-electron chi connectivity index (χ3n) is 6.86. The lowest BCUT2D eigenvalue weighted by atomic mass is 9.86. The van der Waals surface area contributed by atoms with Crippen LogP contribution in [0.15, 0.2) is 66.9 Å². The predicted octanol–water partition coefficient (Wildman–Crippen LogP) is 7.20. The Morgan fingerprint density at radius 1 is 1.06 bits per heavy atom. The quantitative estimate of drug-likeness (QED) is 0.378. The summed E-state index contributed by atoms with van der Waals surface area (Å²) in [4.78, 5) is 9.04. The normalized spacial score (nSPS) is 21.2. The molecule has 0 amide bonds. The van der Waals surface area contributed by atoms with Gasteiger partial charge in [0.25, 0.3) is 0 Å². The van der Waals surface area contributed by atoms with E-state index in [0.29, 0.717) is 15.2 Å². The van der Waals surface area contributed by atoms with Crippen LogP contribution in [-0.2, 0) is 0 Å². The molecule has 2 aliphatic rings. The molecule has 1 N–H and O–H groups in total. The lowest BCUT2D eigenvalue weighted by Gasteiger charge is -2.41. The van der Waals surface area contributed by atoms with Crippen LogP contribution in [-0.4, -0.2) is 22.7 Å². The Bertz CT molecular complexity index is 1290. The van der Waals surface area contributed by atoms with Crippen molar-refractivity contribution < 1.29 is 0 Å². The highest BCUT2D eigenvalue weighted by Crippen LogP contribution is 2.47. The van der Waals surface area contributed by atoms with E-state index < -0.39 is 0 Å². The Hall–Kier alpha value is -2.60. The molecule has 0 spiro atoms. The van der Waals surface area contributed by atoms with E-state index in [4.69, 9.17) is 35.4 Å². The van der Waals surface area contributed by atoms with Gasteiger partial charge in [-0.15, -0.1) is 0 Å². The minimum absolute atomic E-state index is 0.0930. The number of fused-ring (bicyclic) bond motifs is 1. The maximum atomic E-state index is 7.04. The van der Waals surface area contributed by atoms with Crippen molar-refractivity contribution in [3.8, 4) is 0 Å². The summed E-state index contributed by atoms with van der Waals surface area (Å²) in [6.45, 7) is 6.58. The molecule has 3 aromatic rings. The molecule has 1 fully saturated rings. The van der Waals surface area contributed by atoms with Crippen molar-refractivity contribution in [3.63, 3.8) is 0 Å². The number of thiocarbonyl (C=S) groups is 1. The van der Waals surface area contributed by atoms with E-state index in [2.05, 4.69) is 66.1 Å². The van der Waals surface area contributed by atoms with Gasteiger partial charge in [-0.2, -0.15) is 0 Å². The van der Waals surface area contributed by atoms with Gasteiger partial charge >= 0.3 is 0 Å². The standard InChI is InChI=1S/C27H26Cl2N4S/c1-16-15-27(2,3)32(4)23-14-21(29)20(13-19(16)23)25-24(22-7-5-6-12-30-22)31-26(34)33(25)18-10-8-17(28)9-11-18/h5-15,24-25H,1-4H3,(H,31,34)/t24-,25-/m0/s1. The number of halogens is 2. The summed E-state index contributed by atoms with van der Waals surface area (Å²) in [5.74, 6) is 0. The molecule has 3 heterocycles. The number of likely N-dealkylation sites (N-methyl/N-ethyl adjacent to an activating group) is 1. The molecule has 1 saturated heterocycles. The van der Waals surface area contributed by atoms with Crippen LogP contribution < -0.4 is 15.1 Å². The molecule has 7 heteroatoms. The second-order valence-corrected chi connectivity index (χ2v) is 10.6. The maximum Gasteiger partial charge on any atom is 0.174 e. The van der Waals surface area contributed by atoms with Gasteiger partial charge in [0.1, 0.15) is 0 Å². The minimum atomic E-state index is -0.186. The van der Waals surface area contributed by atoms with Gasteiger partial charge in [0.05, 0.1) is 23.3 Å². The zero-order valence-electron chi connectivity index (χ0n) is 19.5. The summed E-state index contributed by atoms with van der Waals surface area (Å²) in [6.07, 6.45) is 4.11. The Kier molecular flexibility index (Phi) is 5.83. The number of hydrogen-bond donors (Lipinski definition) is 1. The summed E-state index contributed by atoms with van der Waals surface area (Å²) in [5.41, 5.74) is 6.30. The smallest absolute Gasteiger partial charge is 0.174 e. The Labute approximate surface area is 216 Å². The average molecular weight is 510 g/mol. The van der Waals surface area contributed by atoms with Crippen molar-refractivity contribution in [2.45, 2.75) is 38.4 Å². The molecule has 2 aromatic carbocycles. The lowest BCUT2D eigenvalue weighted by Crippen LogP contribution is -2.42. The number of rotatable bonds is 3. The van der Waals surface area contributed by atoms with Crippen LogP contribution in [0.4, 0.5) is 11.4 Å². The van der Waals surface area contributed by atoms with Crippen LogP contribution >= 0.6 is 35.4 Å². The topological polar surface area (TPSA) is 31.4 Å². The summed E-state index contributed by atoms with van der Waals surface area (Å²) in [7, 11) is 2.11. The summed E-state index contributed by atoms with van der Waals surface area (Å²) >= 11 is 19.1. The number of allylic oxidation sites excluding steroid dienone is 1.